The van der Waals surface area contributed by atoms with E-state index in [4.69, 9.17) is 5.11 Å². The van der Waals surface area contributed by atoms with Crippen molar-refractivity contribution in [3.05, 3.63) is 49.6 Å². The number of thiophene rings is 1. The van der Waals surface area contributed by atoms with Crippen molar-refractivity contribution >= 4 is 28.9 Å². The number of carboxylic acid groups (broad SMARTS) is 1. The Labute approximate surface area is 118 Å². The number of hydrogen-bond acceptors (Lipinski definition) is 4. The summed E-state index contributed by atoms with van der Waals surface area (Å²) in [6.45, 7) is 3.40. The Hall–Kier alpha value is -2.41. The van der Waals surface area contributed by atoms with E-state index in [9.17, 15) is 14.4 Å². The van der Waals surface area contributed by atoms with Crippen molar-refractivity contribution in [2.45, 2.75) is 13.8 Å². The average molecular weight is 292 g/mol. The standard InChI is InChI=1S/C13H12N2O4S/c1-6-5-20-10(13(18)19)9(6)15-12(17)8-4-3-7(2)14-11(8)16/h3-5H,1-2H3,(H,14,16)(H,15,17)(H,18,19). The monoisotopic (exact) mass is 292 g/mol. The molecule has 20 heavy (non-hydrogen) atoms. The zero-order valence-electron chi connectivity index (χ0n) is 10.8. The summed E-state index contributed by atoms with van der Waals surface area (Å²) in [5.41, 5.74) is 0.950. The van der Waals surface area contributed by atoms with Gasteiger partial charge < -0.3 is 15.4 Å². The number of aromatic amines is 1. The van der Waals surface area contributed by atoms with Crippen molar-refractivity contribution in [1.82, 2.24) is 4.98 Å². The third-order valence-electron chi connectivity index (χ3n) is 2.71. The van der Waals surface area contributed by atoms with Gasteiger partial charge in [0.2, 0.25) is 0 Å². The predicted molar refractivity (Wildman–Crippen MR) is 75.8 cm³/mol. The molecule has 3 N–H and O–H groups in total. The number of carbonyl (C=O) groups excluding carboxylic acids is 1. The van der Waals surface area contributed by atoms with Crippen molar-refractivity contribution in [2.24, 2.45) is 0 Å². The van der Waals surface area contributed by atoms with Crippen LogP contribution in [0.3, 0.4) is 0 Å². The Morgan fingerprint density at radius 2 is 2.00 bits per heavy atom. The van der Waals surface area contributed by atoms with Crippen molar-refractivity contribution in [1.29, 1.82) is 0 Å². The Bertz CT molecular complexity index is 745. The average Bonchev–Trinajstić information content (AvgIpc) is 2.71. The maximum atomic E-state index is 12.1. The fourth-order valence-electron chi connectivity index (χ4n) is 1.69. The molecule has 0 unspecified atom stereocenters. The topological polar surface area (TPSA) is 99.3 Å². The third kappa shape index (κ3) is 2.62. The van der Waals surface area contributed by atoms with E-state index in [1.54, 1.807) is 25.3 Å². The van der Waals surface area contributed by atoms with E-state index in [2.05, 4.69) is 10.3 Å². The molecule has 0 bridgehead atoms. The lowest BCUT2D eigenvalue weighted by atomic mass is 10.2. The number of amides is 1. The first kappa shape index (κ1) is 14.0. The SMILES string of the molecule is Cc1ccc(C(=O)Nc2c(C)csc2C(=O)O)c(=O)[nH]1. The number of anilines is 1. The lowest BCUT2D eigenvalue weighted by Crippen LogP contribution is -2.24. The number of carbonyl (C=O) groups is 2. The molecule has 0 spiro atoms. The minimum atomic E-state index is -1.11. The van der Waals surface area contributed by atoms with Crippen LogP contribution in [0.1, 0.15) is 31.3 Å². The highest BCUT2D eigenvalue weighted by Gasteiger charge is 2.19. The minimum absolute atomic E-state index is 0.0411. The van der Waals surface area contributed by atoms with E-state index >= 15 is 0 Å². The Morgan fingerprint density at radius 1 is 1.30 bits per heavy atom. The Balaban J connectivity index is 2.35. The van der Waals surface area contributed by atoms with Crippen LogP contribution in [0.25, 0.3) is 0 Å². The van der Waals surface area contributed by atoms with Crippen LogP contribution in [0.15, 0.2) is 22.3 Å². The number of H-pyrrole nitrogens is 1. The van der Waals surface area contributed by atoms with E-state index in [0.29, 0.717) is 11.3 Å². The number of rotatable bonds is 3. The van der Waals surface area contributed by atoms with Gasteiger partial charge in [-0.05, 0) is 36.9 Å². The highest BCUT2D eigenvalue weighted by atomic mass is 32.1. The van der Waals surface area contributed by atoms with Crippen molar-refractivity contribution in [3.8, 4) is 0 Å². The molecule has 0 fully saturated rings. The molecule has 0 atom stereocenters. The summed E-state index contributed by atoms with van der Waals surface area (Å²) in [4.78, 5) is 37.4. The lowest BCUT2D eigenvalue weighted by Gasteiger charge is -2.06. The van der Waals surface area contributed by atoms with Gasteiger partial charge in [0.15, 0.2) is 0 Å². The third-order valence-corrected chi connectivity index (χ3v) is 3.79. The fourth-order valence-corrected chi connectivity index (χ4v) is 2.53. The molecule has 0 aliphatic carbocycles. The molecule has 2 heterocycles. The molecule has 0 aliphatic heterocycles. The van der Waals surface area contributed by atoms with Gasteiger partial charge in [0.05, 0.1) is 5.69 Å². The summed E-state index contributed by atoms with van der Waals surface area (Å²) in [5.74, 6) is -1.74. The molecule has 0 saturated heterocycles. The molecule has 104 valence electrons. The van der Waals surface area contributed by atoms with Crippen molar-refractivity contribution in [2.75, 3.05) is 5.32 Å². The van der Waals surface area contributed by atoms with E-state index < -0.39 is 17.4 Å². The second-order valence-corrected chi connectivity index (χ2v) is 5.15. The van der Waals surface area contributed by atoms with Crippen molar-refractivity contribution in [3.63, 3.8) is 0 Å². The Kier molecular flexibility index (Phi) is 3.71. The predicted octanol–water partition coefficient (Wildman–Crippen LogP) is 2.00. The number of hydrogen-bond donors (Lipinski definition) is 3. The van der Waals surface area contributed by atoms with Crippen LogP contribution in [0.4, 0.5) is 5.69 Å². The lowest BCUT2D eigenvalue weighted by molar-refractivity contribution is 0.0703. The number of pyridine rings is 1. The molecular weight excluding hydrogens is 280 g/mol. The second-order valence-electron chi connectivity index (χ2n) is 4.27. The molecule has 2 rings (SSSR count). The summed E-state index contributed by atoms with van der Waals surface area (Å²) in [7, 11) is 0. The number of carboxylic acids is 1. The fraction of sp³-hybridized carbons (Fsp3) is 0.154. The zero-order valence-corrected chi connectivity index (χ0v) is 11.6. The van der Waals surface area contributed by atoms with E-state index in [-0.39, 0.29) is 16.1 Å². The summed E-state index contributed by atoms with van der Waals surface area (Å²) >= 11 is 1.03. The summed E-state index contributed by atoms with van der Waals surface area (Å²) < 4.78 is 0. The van der Waals surface area contributed by atoms with Gasteiger partial charge in [0, 0.05) is 5.69 Å². The zero-order chi connectivity index (χ0) is 14.9. The number of aromatic carboxylic acids is 1. The number of nitrogens with one attached hydrogen (secondary N) is 2. The van der Waals surface area contributed by atoms with Gasteiger partial charge in [0.25, 0.3) is 11.5 Å². The summed E-state index contributed by atoms with van der Waals surface area (Å²) in [6.07, 6.45) is 0. The molecule has 0 radical (unpaired) electrons. The highest BCUT2D eigenvalue weighted by Crippen LogP contribution is 2.27. The first-order chi connectivity index (χ1) is 9.40. The smallest absolute Gasteiger partial charge is 0.348 e. The summed E-state index contributed by atoms with van der Waals surface area (Å²) in [6, 6.07) is 3.01. The summed E-state index contributed by atoms with van der Waals surface area (Å²) in [5, 5.41) is 13.2. The molecule has 0 aromatic carbocycles. The van der Waals surface area contributed by atoms with Gasteiger partial charge in [-0.1, -0.05) is 0 Å². The maximum absolute atomic E-state index is 12.1. The molecule has 0 aliphatic rings. The highest BCUT2D eigenvalue weighted by molar-refractivity contribution is 7.12. The van der Waals surface area contributed by atoms with E-state index in [0.717, 1.165) is 11.3 Å². The van der Waals surface area contributed by atoms with Crippen LogP contribution in [0.2, 0.25) is 0 Å². The van der Waals surface area contributed by atoms with Gasteiger partial charge in [0.1, 0.15) is 10.4 Å². The van der Waals surface area contributed by atoms with Gasteiger partial charge in [-0.15, -0.1) is 11.3 Å². The molecule has 2 aromatic rings. The van der Waals surface area contributed by atoms with E-state index in [1.165, 1.54) is 6.07 Å². The van der Waals surface area contributed by atoms with Crippen LogP contribution >= 0.6 is 11.3 Å². The number of aryl methyl sites for hydroxylation is 2. The van der Waals surface area contributed by atoms with Crippen molar-refractivity contribution < 1.29 is 14.7 Å². The second kappa shape index (κ2) is 5.30. The minimum Gasteiger partial charge on any atom is -0.477 e. The van der Waals surface area contributed by atoms with Gasteiger partial charge >= 0.3 is 5.97 Å². The molecule has 2 aromatic heterocycles. The first-order valence-electron chi connectivity index (χ1n) is 5.73. The number of aromatic nitrogens is 1. The Morgan fingerprint density at radius 3 is 2.60 bits per heavy atom. The maximum Gasteiger partial charge on any atom is 0.348 e. The van der Waals surface area contributed by atoms with Crippen LogP contribution < -0.4 is 10.9 Å². The quantitative estimate of drug-likeness (QED) is 0.805. The largest absolute Gasteiger partial charge is 0.477 e. The van der Waals surface area contributed by atoms with Crippen LogP contribution in [-0.4, -0.2) is 22.0 Å². The first-order valence-corrected chi connectivity index (χ1v) is 6.60. The molecule has 0 saturated carbocycles. The molecule has 1 amide bonds. The van der Waals surface area contributed by atoms with Gasteiger partial charge in [-0.2, -0.15) is 0 Å². The molecule has 6 nitrogen and oxygen atoms in total. The van der Waals surface area contributed by atoms with Crippen LogP contribution in [0.5, 0.6) is 0 Å². The molecular formula is C13H12N2O4S. The normalized spacial score (nSPS) is 10.3. The van der Waals surface area contributed by atoms with Crippen LogP contribution in [0, 0.1) is 13.8 Å². The van der Waals surface area contributed by atoms with Gasteiger partial charge in [-0.25, -0.2) is 4.79 Å². The van der Waals surface area contributed by atoms with Gasteiger partial charge in [-0.3, -0.25) is 9.59 Å². The van der Waals surface area contributed by atoms with Crippen LogP contribution in [-0.2, 0) is 0 Å². The van der Waals surface area contributed by atoms with E-state index in [1.807, 2.05) is 0 Å². The molecule has 7 heteroatoms.